The van der Waals surface area contributed by atoms with Gasteiger partial charge >= 0.3 is 0 Å². The molecule has 0 amide bonds. The van der Waals surface area contributed by atoms with Crippen molar-refractivity contribution in [3.8, 4) is 33.9 Å². The van der Waals surface area contributed by atoms with Crippen molar-refractivity contribution in [1.82, 2.24) is 19.4 Å². The summed E-state index contributed by atoms with van der Waals surface area (Å²) in [5.74, 6) is 2.67. The van der Waals surface area contributed by atoms with Crippen LogP contribution in [0.1, 0.15) is 40.8 Å². The average molecular weight is 616 g/mol. The van der Waals surface area contributed by atoms with Gasteiger partial charge in [0.25, 0.3) is 0 Å². The predicted octanol–water partition coefficient (Wildman–Crippen LogP) is 9.61. The molecule has 0 saturated heterocycles. The van der Waals surface area contributed by atoms with Crippen molar-refractivity contribution in [2.24, 2.45) is 0 Å². The second-order valence-corrected chi connectivity index (χ2v) is 12.6. The van der Waals surface area contributed by atoms with Crippen molar-refractivity contribution in [3.63, 3.8) is 0 Å². The Bertz CT molecular complexity index is 2340. The summed E-state index contributed by atoms with van der Waals surface area (Å²) < 4.78 is 3.57. The van der Waals surface area contributed by atoms with Crippen LogP contribution in [0, 0.1) is 0 Å². The number of aromatic nitrogens is 4. The molecule has 4 aromatic carbocycles. The van der Waals surface area contributed by atoms with Crippen LogP contribution in [0.5, 0.6) is 0 Å². The van der Waals surface area contributed by atoms with E-state index in [9.17, 15) is 0 Å². The van der Waals surface area contributed by atoms with Gasteiger partial charge < -0.3 is 4.40 Å². The molecule has 4 heterocycles. The van der Waals surface area contributed by atoms with E-state index in [2.05, 4.69) is 99.2 Å². The molecule has 0 radical (unpaired) electrons. The van der Waals surface area contributed by atoms with Gasteiger partial charge in [-0.2, -0.15) is 0 Å². The summed E-state index contributed by atoms with van der Waals surface area (Å²) in [7, 11) is 0. The molecule has 0 fully saturated rings. The molecule has 4 nitrogen and oxygen atoms in total. The van der Waals surface area contributed by atoms with E-state index in [4.69, 9.17) is 15.0 Å². The molecule has 43 heavy (non-hydrogen) atoms. The minimum atomic E-state index is -0.00879. The molecule has 5 heteroatoms. The van der Waals surface area contributed by atoms with Crippen LogP contribution in [-0.4, -0.2) is 19.4 Å². The Morgan fingerprint density at radius 2 is 1.26 bits per heavy atom. The maximum Gasteiger partial charge on any atom is 0.163 e. The lowest BCUT2D eigenvalue weighted by Gasteiger charge is -2.18. The third kappa shape index (κ3) is 3.28. The summed E-state index contributed by atoms with van der Waals surface area (Å²) in [6.45, 7) is 0. The zero-order valence-electron chi connectivity index (χ0n) is 23.0. The van der Waals surface area contributed by atoms with Gasteiger partial charge in [-0.15, -0.1) is 0 Å². The maximum atomic E-state index is 5.28. The highest BCUT2D eigenvalue weighted by Crippen LogP contribution is 2.61. The number of rotatable bonds is 3. The Hall–Kier alpha value is -4.87. The SMILES string of the molecule is Brc1cc2c3c(c4c5ccccc5c(c1)n24)C(c1nc(-c2ccccc2)nc(-c2ccccc2)n1)CC1c2cccc-3c21. The summed E-state index contributed by atoms with van der Waals surface area (Å²) >= 11 is 3.86. The highest BCUT2D eigenvalue weighted by Gasteiger charge is 2.45. The lowest BCUT2D eigenvalue weighted by atomic mass is 9.88. The molecule has 2 aliphatic carbocycles. The fourth-order valence-electron chi connectivity index (χ4n) is 7.57. The first-order valence-corrected chi connectivity index (χ1v) is 15.5. The van der Waals surface area contributed by atoms with Crippen LogP contribution in [-0.2, 0) is 0 Å². The Morgan fingerprint density at radius 1 is 0.605 bits per heavy atom. The second-order valence-electron chi connectivity index (χ2n) is 11.7. The number of hydrogen-bond donors (Lipinski definition) is 0. The topological polar surface area (TPSA) is 43.1 Å². The van der Waals surface area contributed by atoms with E-state index in [1.54, 1.807) is 0 Å². The lowest BCUT2D eigenvalue weighted by Crippen LogP contribution is -2.11. The zero-order chi connectivity index (χ0) is 28.2. The standard InChI is InChI=1S/C38H23BrN4/c39-23-18-30-24-14-7-8-15-26(24)35-34-29(20-28-25-16-9-17-27(32(25)28)33(34)31(19-23)43(30)35)38-41-36(21-10-3-1-4-11-21)40-37(42-38)22-12-5-2-6-13-22/h1-19,28-29H,20H2. The van der Waals surface area contributed by atoms with Gasteiger partial charge in [0.1, 0.15) is 5.82 Å². The average Bonchev–Trinajstić information content (AvgIpc) is 3.59. The largest absolute Gasteiger partial charge is 0.308 e. The molecule has 2 aliphatic rings. The number of pyridine rings is 1. The summed E-state index contributed by atoms with van der Waals surface area (Å²) in [5, 5.41) is 2.54. The molecule has 202 valence electrons. The van der Waals surface area contributed by atoms with E-state index in [-0.39, 0.29) is 5.92 Å². The summed E-state index contributed by atoms with van der Waals surface area (Å²) in [4.78, 5) is 15.6. The number of nitrogens with zero attached hydrogens (tertiary/aromatic N) is 4. The van der Waals surface area contributed by atoms with Crippen LogP contribution >= 0.6 is 15.9 Å². The van der Waals surface area contributed by atoms with Gasteiger partial charge in [0.2, 0.25) is 0 Å². The monoisotopic (exact) mass is 614 g/mol. The van der Waals surface area contributed by atoms with E-state index in [0.717, 1.165) is 27.8 Å². The summed E-state index contributed by atoms with van der Waals surface area (Å²) in [6, 6.07) is 40.8. The van der Waals surface area contributed by atoms with Crippen molar-refractivity contribution in [1.29, 1.82) is 0 Å². The van der Waals surface area contributed by atoms with Crippen molar-refractivity contribution in [2.75, 3.05) is 0 Å². The van der Waals surface area contributed by atoms with E-state index in [1.165, 1.54) is 55.1 Å². The van der Waals surface area contributed by atoms with Gasteiger partial charge in [-0.1, -0.05) is 119 Å². The maximum absolute atomic E-state index is 5.28. The van der Waals surface area contributed by atoms with Crippen molar-refractivity contribution >= 4 is 43.3 Å². The van der Waals surface area contributed by atoms with Crippen molar-refractivity contribution < 1.29 is 0 Å². The highest BCUT2D eigenvalue weighted by molar-refractivity contribution is 9.10. The predicted molar refractivity (Wildman–Crippen MR) is 176 cm³/mol. The molecule has 0 saturated carbocycles. The van der Waals surface area contributed by atoms with Gasteiger partial charge in [0, 0.05) is 43.8 Å². The molecule has 4 aromatic heterocycles. The molecule has 2 atom stereocenters. The molecule has 0 spiro atoms. The second kappa shape index (κ2) is 8.59. The smallest absolute Gasteiger partial charge is 0.163 e. The molecular weight excluding hydrogens is 592 g/mol. The van der Waals surface area contributed by atoms with Gasteiger partial charge in [0.05, 0.1) is 16.6 Å². The molecule has 0 aliphatic heterocycles. The van der Waals surface area contributed by atoms with Crippen molar-refractivity contribution in [2.45, 2.75) is 18.3 Å². The van der Waals surface area contributed by atoms with Crippen LogP contribution in [0.2, 0.25) is 0 Å². The summed E-state index contributed by atoms with van der Waals surface area (Å²) in [6.07, 6.45) is 0.939. The Morgan fingerprint density at radius 3 is 1.98 bits per heavy atom. The lowest BCUT2D eigenvalue weighted by molar-refractivity contribution is 0.670. The van der Waals surface area contributed by atoms with Crippen LogP contribution in [0.25, 0.3) is 61.2 Å². The normalized spacial score (nSPS) is 16.9. The van der Waals surface area contributed by atoms with E-state index in [1.807, 2.05) is 36.4 Å². The quantitative estimate of drug-likeness (QED) is 0.199. The number of fused-ring (bicyclic) bond motifs is 8. The van der Waals surface area contributed by atoms with E-state index in [0.29, 0.717) is 17.6 Å². The summed E-state index contributed by atoms with van der Waals surface area (Å²) in [5.41, 5.74) is 12.7. The fraction of sp³-hybridized carbons (Fsp3) is 0.0789. The minimum Gasteiger partial charge on any atom is -0.308 e. The molecule has 10 rings (SSSR count). The highest BCUT2D eigenvalue weighted by atomic mass is 79.9. The zero-order valence-corrected chi connectivity index (χ0v) is 24.6. The van der Waals surface area contributed by atoms with Crippen LogP contribution in [0.15, 0.2) is 120 Å². The molecule has 2 unspecified atom stereocenters. The third-order valence-corrected chi connectivity index (χ3v) is 9.85. The van der Waals surface area contributed by atoms with Crippen molar-refractivity contribution in [3.05, 3.63) is 142 Å². The third-order valence-electron chi connectivity index (χ3n) is 9.39. The minimum absolute atomic E-state index is 0.00879. The molecule has 0 bridgehead atoms. The first kappa shape index (κ1) is 23.7. The first-order valence-electron chi connectivity index (χ1n) is 14.7. The number of benzene rings is 4. The fourth-order valence-corrected chi connectivity index (χ4v) is 8.00. The van der Waals surface area contributed by atoms with Gasteiger partial charge in [-0.3, -0.25) is 0 Å². The molecule has 8 aromatic rings. The van der Waals surface area contributed by atoms with Gasteiger partial charge in [0.15, 0.2) is 11.6 Å². The molecular formula is C38H23BrN4. The van der Waals surface area contributed by atoms with Crippen LogP contribution in [0.4, 0.5) is 0 Å². The number of hydrogen-bond acceptors (Lipinski definition) is 3. The van der Waals surface area contributed by atoms with E-state index < -0.39 is 0 Å². The van der Waals surface area contributed by atoms with Gasteiger partial charge in [-0.25, -0.2) is 15.0 Å². The van der Waals surface area contributed by atoms with Gasteiger partial charge in [-0.05, 0) is 40.8 Å². The first-order chi connectivity index (χ1) is 21.2. The molecule has 0 N–H and O–H groups in total. The van der Waals surface area contributed by atoms with Crippen LogP contribution in [0.3, 0.4) is 0 Å². The van der Waals surface area contributed by atoms with E-state index >= 15 is 0 Å². The Kier molecular flexibility index (Phi) is 4.73. The van der Waals surface area contributed by atoms with Crippen LogP contribution < -0.4 is 0 Å². The Labute approximate surface area is 256 Å². The Balaban J connectivity index is 1.33. The number of halogens is 1.